The number of benzene rings is 3. The van der Waals surface area contributed by atoms with E-state index in [0.29, 0.717) is 28.2 Å². The van der Waals surface area contributed by atoms with Gasteiger partial charge in [-0.3, -0.25) is 0 Å². The SMILES string of the molecule is COc1ccc(/C=C2\N=C(c3cccc(F)c3)OC2=O)cc1OCc1cccc(F)c1. The highest BCUT2D eigenvalue weighted by Gasteiger charge is 2.24. The van der Waals surface area contributed by atoms with Gasteiger partial charge in [0.1, 0.15) is 18.2 Å². The molecule has 0 bridgehead atoms. The molecule has 0 radical (unpaired) electrons. The Morgan fingerprint density at radius 1 is 0.968 bits per heavy atom. The van der Waals surface area contributed by atoms with Gasteiger partial charge in [0, 0.05) is 5.56 Å². The molecule has 3 aromatic carbocycles. The molecule has 0 aromatic heterocycles. The highest BCUT2D eigenvalue weighted by Crippen LogP contribution is 2.30. The normalized spacial score (nSPS) is 14.4. The highest BCUT2D eigenvalue weighted by atomic mass is 19.1. The van der Waals surface area contributed by atoms with Gasteiger partial charge in [-0.1, -0.05) is 24.3 Å². The maximum absolute atomic E-state index is 13.4. The first-order valence-electron chi connectivity index (χ1n) is 9.35. The minimum Gasteiger partial charge on any atom is -0.493 e. The number of hydrogen-bond acceptors (Lipinski definition) is 5. The van der Waals surface area contributed by atoms with E-state index in [0.717, 1.165) is 0 Å². The second-order valence-electron chi connectivity index (χ2n) is 6.68. The Bertz CT molecular complexity index is 1200. The van der Waals surface area contributed by atoms with Crippen LogP contribution in [0.15, 0.2) is 77.4 Å². The maximum Gasteiger partial charge on any atom is 0.363 e. The third-order valence-corrected chi connectivity index (χ3v) is 4.47. The first kappa shape index (κ1) is 20.3. The van der Waals surface area contributed by atoms with Gasteiger partial charge >= 0.3 is 5.97 Å². The quantitative estimate of drug-likeness (QED) is 0.420. The van der Waals surface area contributed by atoms with Crippen molar-refractivity contribution >= 4 is 17.9 Å². The molecule has 5 nitrogen and oxygen atoms in total. The van der Waals surface area contributed by atoms with E-state index >= 15 is 0 Å². The number of rotatable bonds is 6. The van der Waals surface area contributed by atoms with E-state index in [1.54, 1.807) is 36.4 Å². The number of aliphatic imine (C=N–C) groups is 1. The van der Waals surface area contributed by atoms with Crippen LogP contribution >= 0.6 is 0 Å². The number of nitrogens with zero attached hydrogens (tertiary/aromatic N) is 1. The Labute approximate surface area is 177 Å². The third kappa shape index (κ3) is 4.78. The van der Waals surface area contributed by atoms with Crippen molar-refractivity contribution in [3.8, 4) is 11.5 Å². The van der Waals surface area contributed by atoms with Crippen molar-refractivity contribution < 1.29 is 27.8 Å². The predicted octanol–water partition coefficient (Wildman–Crippen LogP) is 4.90. The molecule has 1 heterocycles. The summed E-state index contributed by atoms with van der Waals surface area (Å²) in [6.07, 6.45) is 1.53. The molecule has 156 valence electrons. The van der Waals surface area contributed by atoms with E-state index < -0.39 is 11.8 Å². The second kappa shape index (κ2) is 8.79. The molecule has 7 heteroatoms. The first-order valence-corrected chi connectivity index (χ1v) is 9.35. The van der Waals surface area contributed by atoms with Crippen molar-refractivity contribution in [1.82, 2.24) is 0 Å². The third-order valence-electron chi connectivity index (χ3n) is 4.47. The lowest BCUT2D eigenvalue weighted by atomic mass is 10.1. The molecule has 1 aliphatic heterocycles. The van der Waals surface area contributed by atoms with Gasteiger partial charge in [-0.25, -0.2) is 18.6 Å². The van der Waals surface area contributed by atoms with E-state index in [1.807, 2.05) is 0 Å². The van der Waals surface area contributed by atoms with Crippen molar-refractivity contribution in [3.63, 3.8) is 0 Å². The Balaban J connectivity index is 1.58. The monoisotopic (exact) mass is 421 g/mol. The molecular formula is C24H17F2NO4. The van der Waals surface area contributed by atoms with E-state index in [2.05, 4.69) is 4.99 Å². The molecule has 0 spiro atoms. The fraction of sp³-hybridized carbons (Fsp3) is 0.0833. The molecule has 0 unspecified atom stereocenters. The molecule has 1 aliphatic rings. The van der Waals surface area contributed by atoms with E-state index in [9.17, 15) is 13.6 Å². The maximum atomic E-state index is 13.4. The van der Waals surface area contributed by atoms with E-state index in [-0.39, 0.29) is 24.0 Å². The Morgan fingerprint density at radius 2 is 1.74 bits per heavy atom. The summed E-state index contributed by atoms with van der Waals surface area (Å²) in [6, 6.07) is 16.8. The summed E-state index contributed by atoms with van der Waals surface area (Å²) >= 11 is 0. The summed E-state index contributed by atoms with van der Waals surface area (Å²) < 4.78 is 43.1. The van der Waals surface area contributed by atoms with E-state index in [1.165, 1.54) is 43.5 Å². The van der Waals surface area contributed by atoms with Crippen LogP contribution in [-0.4, -0.2) is 19.0 Å². The fourth-order valence-corrected chi connectivity index (χ4v) is 3.00. The Hall–Kier alpha value is -4.00. The average Bonchev–Trinajstić information content (AvgIpc) is 3.13. The fourth-order valence-electron chi connectivity index (χ4n) is 3.00. The minimum atomic E-state index is -0.641. The number of hydrogen-bond donors (Lipinski definition) is 0. The lowest BCUT2D eigenvalue weighted by Crippen LogP contribution is -2.05. The van der Waals surface area contributed by atoms with Gasteiger partial charge in [-0.05, 0) is 59.7 Å². The molecule has 0 amide bonds. The van der Waals surface area contributed by atoms with Crippen LogP contribution in [0.4, 0.5) is 8.78 Å². The number of cyclic esters (lactones) is 1. The van der Waals surface area contributed by atoms with Crippen molar-refractivity contribution in [3.05, 3.63) is 101 Å². The van der Waals surface area contributed by atoms with Crippen LogP contribution in [0.25, 0.3) is 6.08 Å². The predicted molar refractivity (Wildman–Crippen MR) is 111 cm³/mol. The van der Waals surface area contributed by atoms with Crippen LogP contribution in [0, 0.1) is 11.6 Å². The van der Waals surface area contributed by atoms with Crippen molar-refractivity contribution in [2.24, 2.45) is 4.99 Å². The zero-order chi connectivity index (χ0) is 21.8. The summed E-state index contributed by atoms with van der Waals surface area (Å²) in [7, 11) is 1.51. The van der Waals surface area contributed by atoms with Gasteiger partial charge in [0.05, 0.1) is 7.11 Å². The summed E-state index contributed by atoms with van der Waals surface area (Å²) in [5.41, 5.74) is 1.71. The van der Waals surface area contributed by atoms with Crippen LogP contribution in [0.5, 0.6) is 11.5 Å². The van der Waals surface area contributed by atoms with Crippen molar-refractivity contribution in [2.45, 2.75) is 6.61 Å². The minimum absolute atomic E-state index is 0.0341. The van der Waals surface area contributed by atoms with E-state index in [4.69, 9.17) is 14.2 Å². The number of carbonyl (C=O) groups excluding carboxylic acids is 1. The van der Waals surface area contributed by atoms with Gasteiger partial charge in [-0.2, -0.15) is 0 Å². The molecule has 0 N–H and O–H groups in total. The lowest BCUT2D eigenvalue weighted by Gasteiger charge is -2.11. The standard InChI is InChI=1S/C24H17F2NO4/c1-29-21-9-8-15(12-22(21)30-14-16-4-2-6-18(25)10-16)11-20-24(28)31-23(27-20)17-5-3-7-19(26)13-17/h2-13H,14H2,1H3/b20-11-. The molecule has 3 aromatic rings. The smallest absolute Gasteiger partial charge is 0.363 e. The zero-order valence-electron chi connectivity index (χ0n) is 16.5. The average molecular weight is 421 g/mol. The van der Waals surface area contributed by atoms with Crippen LogP contribution in [0.1, 0.15) is 16.7 Å². The molecule has 0 aliphatic carbocycles. The molecule has 0 atom stereocenters. The lowest BCUT2D eigenvalue weighted by molar-refractivity contribution is -0.129. The van der Waals surface area contributed by atoms with Gasteiger partial charge in [-0.15, -0.1) is 0 Å². The summed E-state index contributed by atoms with van der Waals surface area (Å²) in [5, 5.41) is 0. The van der Waals surface area contributed by atoms with Gasteiger partial charge in [0.25, 0.3) is 0 Å². The molecule has 0 fully saturated rings. The van der Waals surface area contributed by atoms with Gasteiger partial charge in [0.15, 0.2) is 17.2 Å². The highest BCUT2D eigenvalue weighted by molar-refractivity contribution is 6.12. The molecular weight excluding hydrogens is 404 g/mol. The number of carbonyl (C=O) groups is 1. The number of ether oxygens (including phenoxy) is 3. The Morgan fingerprint density at radius 3 is 2.48 bits per heavy atom. The van der Waals surface area contributed by atoms with Crippen molar-refractivity contribution in [1.29, 1.82) is 0 Å². The number of methoxy groups -OCH3 is 1. The van der Waals surface area contributed by atoms with Crippen LogP contribution < -0.4 is 9.47 Å². The zero-order valence-corrected chi connectivity index (χ0v) is 16.5. The van der Waals surface area contributed by atoms with Gasteiger partial charge in [0.2, 0.25) is 5.90 Å². The molecule has 0 saturated carbocycles. The summed E-state index contributed by atoms with van der Waals surface area (Å²) in [4.78, 5) is 16.4. The van der Waals surface area contributed by atoms with Gasteiger partial charge < -0.3 is 14.2 Å². The largest absolute Gasteiger partial charge is 0.493 e. The summed E-state index contributed by atoms with van der Waals surface area (Å²) in [6.45, 7) is 0.137. The topological polar surface area (TPSA) is 57.1 Å². The summed E-state index contributed by atoms with van der Waals surface area (Å²) in [5.74, 6) is -0.510. The first-order chi connectivity index (χ1) is 15.0. The van der Waals surface area contributed by atoms with Crippen LogP contribution in [-0.2, 0) is 16.1 Å². The Kier molecular flexibility index (Phi) is 5.75. The number of halogens is 2. The molecule has 0 saturated heterocycles. The second-order valence-corrected chi connectivity index (χ2v) is 6.68. The number of esters is 1. The van der Waals surface area contributed by atoms with Crippen LogP contribution in [0.2, 0.25) is 0 Å². The van der Waals surface area contributed by atoms with Crippen LogP contribution in [0.3, 0.4) is 0 Å². The molecule has 31 heavy (non-hydrogen) atoms. The molecule has 4 rings (SSSR count). The van der Waals surface area contributed by atoms with Crippen molar-refractivity contribution in [2.75, 3.05) is 7.11 Å².